The zero-order valence-corrected chi connectivity index (χ0v) is 13.1. The van der Waals surface area contributed by atoms with Crippen molar-refractivity contribution in [2.24, 2.45) is 17.0 Å². The highest BCUT2D eigenvalue weighted by atomic mass is 79.9. The average molecular weight is 313 g/mol. The highest BCUT2D eigenvalue weighted by Crippen LogP contribution is 2.32. The number of nitrogens with zero attached hydrogens (tertiary/aromatic N) is 2. The Bertz CT molecular complexity index is 395. The molecule has 3 nitrogen and oxygen atoms in total. The average Bonchev–Trinajstić information content (AvgIpc) is 2.26. The van der Waals surface area contributed by atoms with Gasteiger partial charge >= 0.3 is 0 Å². The maximum absolute atomic E-state index is 11.0. The molecular weight excluding hydrogens is 292 g/mol. The second-order valence-corrected chi connectivity index (χ2v) is 6.33. The molecule has 0 aromatic heterocycles. The van der Waals surface area contributed by atoms with Gasteiger partial charge in [0, 0.05) is 17.6 Å². The molecule has 1 rings (SSSR count). The van der Waals surface area contributed by atoms with E-state index in [0.29, 0.717) is 17.5 Å². The van der Waals surface area contributed by atoms with Crippen molar-refractivity contribution in [3.63, 3.8) is 0 Å². The summed E-state index contributed by atoms with van der Waals surface area (Å²) < 4.78 is 0.884. The molecule has 0 saturated carbocycles. The molecule has 0 spiro atoms. The second-order valence-electron chi connectivity index (χ2n) is 5.42. The van der Waals surface area contributed by atoms with E-state index in [1.54, 1.807) is 6.07 Å². The van der Waals surface area contributed by atoms with Crippen LogP contribution >= 0.6 is 15.9 Å². The minimum absolute atomic E-state index is 0.505. The second kappa shape index (κ2) is 6.88. The van der Waals surface area contributed by atoms with Crippen molar-refractivity contribution in [1.82, 2.24) is 0 Å². The van der Waals surface area contributed by atoms with Gasteiger partial charge in [-0.1, -0.05) is 43.6 Å². The van der Waals surface area contributed by atoms with Gasteiger partial charge in [0.05, 0.1) is 5.69 Å². The smallest absolute Gasteiger partial charge is 0.132 e. The SMILES string of the molecule is CC(C)CN(CC(C)C)c1ccc(Br)cc1N=O. The molecule has 100 valence electrons. The molecule has 0 unspecified atom stereocenters. The van der Waals surface area contributed by atoms with Gasteiger partial charge in [0.1, 0.15) is 5.69 Å². The van der Waals surface area contributed by atoms with E-state index in [-0.39, 0.29) is 0 Å². The van der Waals surface area contributed by atoms with Crippen LogP contribution in [0.5, 0.6) is 0 Å². The molecule has 0 bridgehead atoms. The summed E-state index contributed by atoms with van der Waals surface area (Å²) in [5.74, 6) is 1.10. The largest absolute Gasteiger partial charge is 0.369 e. The van der Waals surface area contributed by atoms with Gasteiger partial charge in [-0.05, 0) is 35.2 Å². The van der Waals surface area contributed by atoms with E-state index in [4.69, 9.17) is 0 Å². The summed E-state index contributed by atoms with van der Waals surface area (Å²) in [6, 6.07) is 5.69. The van der Waals surface area contributed by atoms with E-state index in [9.17, 15) is 4.91 Å². The van der Waals surface area contributed by atoms with Gasteiger partial charge in [-0.15, -0.1) is 4.91 Å². The standard InChI is InChI=1S/C14H21BrN2O/c1-10(2)8-17(9-11(3)4)14-6-5-12(15)7-13(14)16-18/h5-7,10-11H,8-9H2,1-4H3. The lowest BCUT2D eigenvalue weighted by atomic mass is 10.1. The Hall–Kier alpha value is -0.900. The number of benzene rings is 1. The van der Waals surface area contributed by atoms with Crippen LogP contribution in [0.1, 0.15) is 27.7 Å². The topological polar surface area (TPSA) is 32.7 Å². The summed E-state index contributed by atoms with van der Waals surface area (Å²) >= 11 is 3.37. The number of halogens is 1. The maximum atomic E-state index is 11.0. The molecule has 4 heteroatoms. The lowest BCUT2D eigenvalue weighted by molar-refractivity contribution is 0.553. The predicted molar refractivity (Wildman–Crippen MR) is 81.5 cm³/mol. The van der Waals surface area contributed by atoms with Crippen molar-refractivity contribution in [2.75, 3.05) is 18.0 Å². The predicted octanol–water partition coefficient (Wildman–Crippen LogP) is 4.97. The van der Waals surface area contributed by atoms with Crippen LogP contribution in [0.2, 0.25) is 0 Å². The lowest BCUT2D eigenvalue weighted by Gasteiger charge is -2.29. The molecule has 1 aromatic carbocycles. The van der Waals surface area contributed by atoms with Gasteiger partial charge in [-0.25, -0.2) is 0 Å². The van der Waals surface area contributed by atoms with Crippen molar-refractivity contribution in [3.05, 3.63) is 27.6 Å². The molecule has 0 radical (unpaired) electrons. The van der Waals surface area contributed by atoms with E-state index in [2.05, 4.69) is 53.7 Å². The first kappa shape index (κ1) is 15.2. The van der Waals surface area contributed by atoms with Crippen molar-refractivity contribution in [2.45, 2.75) is 27.7 Å². The Kier molecular flexibility index (Phi) is 5.79. The van der Waals surface area contributed by atoms with E-state index < -0.39 is 0 Å². The van der Waals surface area contributed by atoms with Crippen LogP contribution in [0.4, 0.5) is 11.4 Å². The van der Waals surface area contributed by atoms with E-state index >= 15 is 0 Å². The highest BCUT2D eigenvalue weighted by Gasteiger charge is 2.15. The van der Waals surface area contributed by atoms with E-state index in [1.807, 2.05) is 12.1 Å². The van der Waals surface area contributed by atoms with Crippen LogP contribution in [0, 0.1) is 16.7 Å². The van der Waals surface area contributed by atoms with Gasteiger partial charge in [0.15, 0.2) is 0 Å². The normalized spacial score (nSPS) is 11.1. The van der Waals surface area contributed by atoms with Crippen LogP contribution in [-0.2, 0) is 0 Å². The minimum Gasteiger partial charge on any atom is -0.369 e. The summed E-state index contributed by atoms with van der Waals surface area (Å²) in [5.41, 5.74) is 1.43. The van der Waals surface area contributed by atoms with Gasteiger partial charge in [0.2, 0.25) is 0 Å². The monoisotopic (exact) mass is 312 g/mol. The highest BCUT2D eigenvalue weighted by molar-refractivity contribution is 9.10. The van der Waals surface area contributed by atoms with Crippen LogP contribution in [0.25, 0.3) is 0 Å². The zero-order valence-electron chi connectivity index (χ0n) is 11.5. The fraction of sp³-hybridized carbons (Fsp3) is 0.571. The molecule has 0 aliphatic heterocycles. The third kappa shape index (κ3) is 4.41. The fourth-order valence-electron chi connectivity index (χ4n) is 1.99. The van der Waals surface area contributed by atoms with Crippen LogP contribution < -0.4 is 4.90 Å². The Morgan fingerprint density at radius 1 is 1.17 bits per heavy atom. The summed E-state index contributed by atoms with van der Waals surface area (Å²) in [4.78, 5) is 13.2. The molecule has 0 atom stereocenters. The first-order chi connectivity index (χ1) is 8.43. The van der Waals surface area contributed by atoms with Crippen LogP contribution in [0.15, 0.2) is 27.8 Å². The summed E-state index contributed by atoms with van der Waals surface area (Å²) in [6.07, 6.45) is 0. The molecule has 0 N–H and O–H groups in total. The third-order valence-electron chi connectivity index (χ3n) is 2.55. The number of nitroso groups, excluding NO2 is 1. The zero-order chi connectivity index (χ0) is 13.7. The quantitative estimate of drug-likeness (QED) is 0.695. The summed E-state index contributed by atoms with van der Waals surface area (Å²) in [5, 5.41) is 3.15. The molecular formula is C14H21BrN2O. The molecule has 1 aromatic rings. The Morgan fingerprint density at radius 3 is 2.17 bits per heavy atom. The number of anilines is 1. The van der Waals surface area contributed by atoms with Crippen molar-refractivity contribution < 1.29 is 0 Å². The van der Waals surface area contributed by atoms with Gasteiger partial charge in [-0.2, -0.15) is 0 Å². The number of hydrogen-bond donors (Lipinski definition) is 0. The first-order valence-corrected chi connectivity index (χ1v) is 7.11. The Morgan fingerprint density at radius 2 is 1.72 bits per heavy atom. The molecule has 0 saturated heterocycles. The third-order valence-corrected chi connectivity index (χ3v) is 3.04. The van der Waals surface area contributed by atoms with Gasteiger partial charge in [0.25, 0.3) is 0 Å². The first-order valence-electron chi connectivity index (χ1n) is 6.32. The van der Waals surface area contributed by atoms with Gasteiger partial charge in [-0.3, -0.25) is 0 Å². The Labute approximate surface area is 118 Å². The minimum atomic E-state index is 0.505. The van der Waals surface area contributed by atoms with Gasteiger partial charge < -0.3 is 4.90 Å². The molecule has 0 fully saturated rings. The number of rotatable bonds is 6. The number of hydrogen-bond acceptors (Lipinski definition) is 3. The summed E-state index contributed by atoms with van der Waals surface area (Å²) in [7, 11) is 0. The van der Waals surface area contributed by atoms with Crippen molar-refractivity contribution >= 4 is 27.3 Å². The molecule has 0 aliphatic carbocycles. The van der Waals surface area contributed by atoms with E-state index in [1.165, 1.54) is 0 Å². The Balaban J connectivity index is 3.06. The molecule has 0 amide bonds. The molecule has 0 aliphatic rings. The summed E-state index contributed by atoms with van der Waals surface area (Å²) in [6.45, 7) is 10.6. The van der Waals surface area contributed by atoms with Crippen molar-refractivity contribution in [1.29, 1.82) is 0 Å². The lowest BCUT2D eigenvalue weighted by Crippen LogP contribution is -2.31. The molecule has 0 heterocycles. The van der Waals surface area contributed by atoms with Crippen LogP contribution in [-0.4, -0.2) is 13.1 Å². The van der Waals surface area contributed by atoms with Crippen LogP contribution in [0.3, 0.4) is 0 Å². The van der Waals surface area contributed by atoms with E-state index in [0.717, 1.165) is 23.2 Å². The molecule has 18 heavy (non-hydrogen) atoms. The fourth-order valence-corrected chi connectivity index (χ4v) is 2.34. The van der Waals surface area contributed by atoms with Crippen molar-refractivity contribution in [3.8, 4) is 0 Å². The maximum Gasteiger partial charge on any atom is 0.132 e.